The predicted octanol–water partition coefficient (Wildman–Crippen LogP) is 37.2. The summed E-state index contributed by atoms with van der Waals surface area (Å²) in [7, 11) is -6.41. The maximum absolute atomic E-state index is 7.15. The number of hydrogen-bond acceptors (Lipinski definition) is 5. The Morgan fingerprint density at radius 2 is 0.527 bits per heavy atom. The molecule has 0 aliphatic carbocycles. The predicted molar refractivity (Wildman–Crippen MR) is 658 cm³/mol. The average molecular weight is 2270 g/mol. The maximum atomic E-state index is 7.15. The quantitative estimate of drug-likeness (QED) is 0.0277. The fraction of sp³-hybridized carbons (Fsp3) is 0.507. The summed E-state index contributed by atoms with van der Waals surface area (Å²) < 4.78 is 22.6. The van der Waals surface area contributed by atoms with Gasteiger partial charge in [0.2, 0.25) is 0 Å². The first kappa shape index (κ1) is 118. The van der Waals surface area contributed by atoms with Crippen LogP contribution >= 0.6 is 31.9 Å². The number of nitrogens with zero attached hydrogens (tertiary/aromatic N) is 4. The van der Waals surface area contributed by atoms with Crippen molar-refractivity contribution in [3.05, 3.63) is 243 Å². The van der Waals surface area contributed by atoms with Crippen molar-refractivity contribution in [1.29, 1.82) is 0 Å². The SMILES string of the molecule is CCCCCCCCCCCCCCCCCCCCc1ccc([Si]2(c3cc(OCCCCCCCCCCCC)cc(OCCCCCCCCCCCC)c3)c3ccccc3-c3ccc(-c4c5nc(c(Br)c6ccc([n-]6)c(-c6ccc7c(c6)[Si](c6ccc(OCCCCCCCCCCCCCCCC)cc6)(c6cccc(CCCCCCCCCC)c6)c6ccccc6-7)c6nc(c(Br)c7ccc4[n-]7)C=C6)C=C5)cc32)cc1.[Cd+2]. The van der Waals surface area contributed by atoms with Gasteiger partial charge < -0.3 is 24.2 Å². The van der Waals surface area contributed by atoms with Crippen LogP contribution in [0, 0.1) is 0 Å². The smallest absolute Gasteiger partial charge is 0.656 e. The van der Waals surface area contributed by atoms with Crippen LogP contribution in [0.25, 0.3) is 90.9 Å². The van der Waals surface area contributed by atoms with Crippen molar-refractivity contribution in [2.45, 2.75) is 433 Å². The van der Waals surface area contributed by atoms with E-state index in [1.165, 1.54) is 441 Å². The Hall–Kier alpha value is -7.92. The summed E-state index contributed by atoms with van der Waals surface area (Å²) in [6, 6.07) is 78.5. The van der Waals surface area contributed by atoms with Crippen molar-refractivity contribution in [1.82, 2.24) is 19.9 Å². The number of unbranched alkanes of at least 4 members (excludes halogenated alkanes) is 55. The van der Waals surface area contributed by atoms with Crippen LogP contribution < -0.4 is 65.7 Å². The largest absolute Gasteiger partial charge is 2.00 e. The second-order valence-electron chi connectivity index (χ2n) is 44.5. The average Bonchev–Trinajstić information content (AvgIpc) is 1.54. The summed E-state index contributed by atoms with van der Waals surface area (Å²) in [5, 5.41) is 10.9. The molecule has 0 amide bonds. The Labute approximate surface area is 946 Å². The van der Waals surface area contributed by atoms with E-state index in [0.29, 0.717) is 13.2 Å². The molecule has 8 aromatic carbocycles. The van der Waals surface area contributed by atoms with Gasteiger partial charge in [-0.2, -0.15) is 0 Å². The van der Waals surface area contributed by atoms with Gasteiger partial charge in [-0.3, -0.25) is 0 Å². The standard InChI is InChI=1S/C138H182Br2N4O3Si2.Cd/c1-6-11-16-21-26-31-35-37-39-40-41-42-43-45-47-52-56-61-71-108-79-85-115(86-80-108)149(118-106-113(146-100-68-59-54-48-33-28-23-18-13-8-3)105-114(107-118)147-101-69-60-55-49-34-29-24-19-14-9-4)132-78-66-64-76-120(132)122-90-82-111(104-134(122)149)136-125-93-97-129(143-125)137(139)127-95-91-123(141-127)135(124-92-96-128(142-124)138(140)130-98-94-126(136)144-130)110-81-89-121-119-75-63-65-77-131(119)148(133(121)103-110,117-74-70-73-109(102-117)72-62-57-51-30-25-20-15-10-5)116-87-83-112(84-88-116)145-99-67-58-53-50-46-44-38-36-32-27-22-17-12-7-2;/h63-66,70,73-98,102-107H,6-62,67-69,71-72,99-101H2,1-5H3;/q-2;+2. The molecule has 15 rings (SSSR count). The zero-order chi connectivity index (χ0) is 103. The Morgan fingerprint density at radius 3 is 0.893 bits per heavy atom. The minimum atomic E-state index is -3.31. The van der Waals surface area contributed by atoms with Gasteiger partial charge in [0.1, 0.15) is 17.2 Å². The van der Waals surface area contributed by atoms with Crippen LogP contribution in [0.4, 0.5) is 0 Å². The molecule has 2 unspecified atom stereocenters. The number of halogens is 2. The van der Waals surface area contributed by atoms with Crippen molar-refractivity contribution < 1.29 is 41.5 Å². The van der Waals surface area contributed by atoms with Gasteiger partial charge in [0.25, 0.3) is 0 Å². The van der Waals surface area contributed by atoms with Gasteiger partial charge in [-0.05, 0) is 223 Å². The Balaban J connectivity index is 0.0000177. The third kappa shape index (κ3) is 32.9. The van der Waals surface area contributed by atoms with E-state index >= 15 is 0 Å². The molecule has 0 N–H and O–H groups in total. The van der Waals surface area contributed by atoms with Gasteiger partial charge in [0.15, 0.2) is 16.1 Å². The fourth-order valence-corrected chi connectivity index (χ4v) is 35.8. The molecule has 12 heteroatoms. The van der Waals surface area contributed by atoms with Crippen molar-refractivity contribution >= 4 is 136 Å². The Bertz CT molecular complexity index is 6070. The third-order valence-electron chi connectivity index (χ3n) is 32.9. The van der Waals surface area contributed by atoms with Crippen molar-refractivity contribution in [2.24, 2.45) is 0 Å². The molecular weight excluding hydrogens is 2090 g/mol. The second-order valence-corrected chi connectivity index (χ2v) is 53.5. The minimum Gasteiger partial charge on any atom is -0.656 e. The molecule has 0 spiro atoms. The molecule has 3 aromatic heterocycles. The van der Waals surface area contributed by atoms with Gasteiger partial charge in [0.05, 0.1) is 42.6 Å². The van der Waals surface area contributed by atoms with Crippen LogP contribution in [0.3, 0.4) is 0 Å². The molecule has 4 aliphatic rings. The number of aryl methyl sites for hydroxylation is 2. The normalized spacial score (nSPS) is 14.2. The summed E-state index contributed by atoms with van der Waals surface area (Å²) in [5.41, 5.74) is 18.6. The van der Waals surface area contributed by atoms with Crippen molar-refractivity contribution in [3.63, 3.8) is 0 Å². The third-order valence-corrected chi connectivity index (χ3v) is 44.2. The van der Waals surface area contributed by atoms with Gasteiger partial charge in [0, 0.05) is 15.0 Å². The van der Waals surface area contributed by atoms with E-state index in [0.717, 1.165) is 132 Å². The number of benzene rings is 8. The van der Waals surface area contributed by atoms with E-state index in [1.54, 1.807) is 0 Å². The van der Waals surface area contributed by atoms with Crippen LogP contribution in [0.5, 0.6) is 17.2 Å². The Morgan fingerprint density at radius 1 is 0.227 bits per heavy atom. The van der Waals surface area contributed by atoms with Crippen LogP contribution in [0.1, 0.15) is 454 Å². The van der Waals surface area contributed by atoms with Gasteiger partial charge in [-0.1, -0.05) is 558 Å². The summed E-state index contributed by atoms with van der Waals surface area (Å²) in [5.74, 6) is 2.74. The van der Waals surface area contributed by atoms with Crippen LogP contribution in [-0.4, -0.2) is 45.9 Å². The summed E-state index contributed by atoms with van der Waals surface area (Å²) in [6.07, 6.45) is 90.4. The van der Waals surface area contributed by atoms with Crippen molar-refractivity contribution in [3.8, 4) is 61.8 Å². The molecule has 150 heavy (non-hydrogen) atoms. The summed E-state index contributed by atoms with van der Waals surface area (Å²) >= 11 is 8.50. The first-order valence-corrected chi connectivity index (χ1v) is 66.4. The number of rotatable bonds is 74. The summed E-state index contributed by atoms with van der Waals surface area (Å²) in [6.45, 7) is 13.6. The molecule has 7 heterocycles. The first-order chi connectivity index (χ1) is 73.7. The molecule has 11 aromatic rings. The molecule has 0 saturated heterocycles. The zero-order valence-electron chi connectivity index (χ0n) is 93.3. The van der Waals surface area contributed by atoms with E-state index in [-0.39, 0.29) is 27.3 Å². The van der Waals surface area contributed by atoms with Crippen molar-refractivity contribution in [2.75, 3.05) is 19.8 Å². The molecule has 0 saturated carbocycles. The maximum Gasteiger partial charge on any atom is 2.00 e. The fourth-order valence-electron chi connectivity index (χ4n) is 24.4. The van der Waals surface area contributed by atoms with E-state index in [9.17, 15) is 0 Å². The number of fused-ring (bicyclic) bond motifs is 14. The van der Waals surface area contributed by atoms with Gasteiger partial charge >= 0.3 is 27.3 Å². The van der Waals surface area contributed by atoms with Gasteiger partial charge in [-0.25, -0.2) is 9.97 Å². The summed E-state index contributed by atoms with van der Waals surface area (Å²) in [4.78, 5) is 22.9. The number of ether oxygens (including phenoxy) is 3. The molecular formula is C138H182Br2CdN4O3Si2. The molecule has 796 valence electrons. The van der Waals surface area contributed by atoms with Crippen LogP contribution in [0.2, 0.25) is 0 Å². The van der Waals surface area contributed by atoms with Crippen LogP contribution in [0.15, 0.2) is 209 Å². The van der Waals surface area contributed by atoms with Crippen LogP contribution in [-0.2, 0) is 40.1 Å². The molecule has 2 atom stereocenters. The minimum absolute atomic E-state index is 0. The molecule has 0 fully saturated rings. The molecule has 0 radical (unpaired) electrons. The zero-order valence-corrected chi connectivity index (χ0v) is 103. The topological polar surface area (TPSA) is 81.7 Å². The van der Waals surface area contributed by atoms with Gasteiger partial charge in [-0.15, -0.1) is 22.1 Å². The second kappa shape index (κ2) is 65.2. The van der Waals surface area contributed by atoms with E-state index in [2.05, 4.69) is 291 Å². The van der Waals surface area contributed by atoms with E-state index in [1.807, 2.05) is 0 Å². The Kier molecular flexibility index (Phi) is 51.1. The first-order valence-electron chi connectivity index (χ1n) is 60.9. The monoisotopic (exact) mass is 2270 g/mol. The molecule has 7 nitrogen and oxygen atoms in total. The van der Waals surface area contributed by atoms with E-state index in [4.69, 9.17) is 34.1 Å². The van der Waals surface area contributed by atoms with E-state index < -0.39 is 16.1 Å². The number of hydrogen-bond donors (Lipinski definition) is 0. The number of aromatic nitrogens is 4. The molecule has 8 bridgehead atoms. The molecule has 4 aliphatic heterocycles.